The van der Waals surface area contributed by atoms with Gasteiger partial charge in [0.2, 0.25) is 0 Å². The summed E-state index contributed by atoms with van der Waals surface area (Å²) in [5.74, 6) is -1.02. The van der Waals surface area contributed by atoms with E-state index in [4.69, 9.17) is 16.0 Å². The van der Waals surface area contributed by atoms with E-state index in [1.807, 2.05) is 0 Å². The highest BCUT2D eigenvalue weighted by Gasteiger charge is 2.15. The van der Waals surface area contributed by atoms with Crippen molar-refractivity contribution in [2.45, 2.75) is 6.10 Å². The van der Waals surface area contributed by atoms with Crippen LogP contribution in [0.15, 0.2) is 45.6 Å². The van der Waals surface area contributed by atoms with E-state index in [1.165, 1.54) is 22.8 Å². The van der Waals surface area contributed by atoms with Crippen molar-refractivity contribution >= 4 is 22.7 Å². The van der Waals surface area contributed by atoms with Gasteiger partial charge < -0.3 is 9.52 Å². The molecule has 0 radical (unpaired) electrons. The minimum Gasteiger partial charge on any atom is -0.408 e. The van der Waals surface area contributed by atoms with Gasteiger partial charge in [-0.15, -0.1) is 0 Å². The molecule has 0 spiro atoms. The smallest absolute Gasteiger partial charge is 0.408 e. The van der Waals surface area contributed by atoms with Gasteiger partial charge >= 0.3 is 5.76 Å². The number of aromatic nitrogens is 1. The average Bonchev–Trinajstić information content (AvgIpc) is 2.76. The first-order valence-electron chi connectivity index (χ1n) is 6.20. The molecule has 0 aliphatic rings. The second kappa shape index (κ2) is 5.02. The van der Waals surface area contributed by atoms with Crippen molar-refractivity contribution in [3.05, 3.63) is 68.9 Å². The maximum Gasteiger partial charge on any atom is 0.419 e. The molecule has 21 heavy (non-hydrogen) atoms. The Morgan fingerprint density at radius 2 is 1.90 bits per heavy atom. The van der Waals surface area contributed by atoms with Gasteiger partial charge in [0, 0.05) is 7.05 Å². The molecule has 6 heteroatoms. The van der Waals surface area contributed by atoms with Crippen LogP contribution in [-0.2, 0) is 7.05 Å². The van der Waals surface area contributed by atoms with E-state index >= 15 is 0 Å². The number of fused-ring (bicyclic) bond motifs is 1. The molecule has 1 aromatic heterocycles. The summed E-state index contributed by atoms with van der Waals surface area (Å²) >= 11 is 5.72. The standard InChI is InChI=1S/C15H11ClFNO3/c1-18-12-5-3-9(7-13(12)21-15(18)20)14(19)8-2-4-11(17)10(16)6-8/h2-7,14,19H,1H3. The zero-order valence-electron chi connectivity index (χ0n) is 11.0. The molecule has 1 N–H and O–H groups in total. The molecule has 3 aromatic rings. The zero-order chi connectivity index (χ0) is 15.1. The number of aliphatic hydroxyl groups excluding tert-OH is 1. The van der Waals surface area contributed by atoms with Crippen LogP contribution in [0.5, 0.6) is 0 Å². The number of halogens is 2. The van der Waals surface area contributed by atoms with Crippen molar-refractivity contribution in [3.63, 3.8) is 0 Å². The minimum absolute atomic E-state index is 0.0566. The van der Waals surface area contributed by atoms with Crippen LogP contribution >= 0.6 is 11.6 Å². The van der Waals surface area contributed by atoms with Crippen LogP contribution < -0.4 is 5.76 Å². The third kappa shape index (κ3) is 2.34. The molecule has 4 nitrogen and oxygen atoms in total. The predicted octanol–water partition coefficient (Wildman–Crippen LogP) is 3.01. The van der Waals surface area contributed by atoms with Crippen LogP contribution in [0.4, 0.5) is 4.39 Å². The van der Waals surface area contributed by atoms with Crippen LogP contribution in [-0.4, -0.2) is 9.67 Å². The molecular formula is C15H11ClFNO3. The summed E-state index contributed by atoms with van der Waals surface area (Å²) in [7, 11) is 1.60. The molecule has 3 rings (SSSR count). The topological polar surface area (TPSA) is 55.4 Å². The van der Waals surface area contributed by atoms with E-state index in [2.05, 4.69) is 0 Å². The summed E-state index contributed by atoms with van der Waals surface area (Å²) in [6.07, 6.45) is -0.988. The zero-order valence-corrected chi connectivity index (χ0v) is 11.8. The van der Waals surface area contributed by atoms with Crippen LogP contribution in [0.3, 0.4) is 0 Å². The second-order valence-electron chi connectivity index (χ2n) is 4.73. The lowest BCUT2D eigenvalue weighted by molar-refractivity contribution is 0.220. The Hall–Kier alpha value is -2.11. The van der Waals surface area contributed by atoms with Crippen LogP contribution in [0.1, 0.15) is 17.2 Å². The van der Waals surface area contributed by atoms with Gasteiger partial charge in [-0.25, -0.2) is 9.18 Å². The second-order valence-corrected chi connectivity index (χ2v) is 5.14. The number of hydrogen-bond donors (Lipinski definition) is 1. The number of benzene rings is 2. The maximum atomic E-state index is 13.2. The lowest BCUT2D eigenvalue weighted by atomic mass is 10.0. The van der Waals surface area contributed by atoms with Gasteiger partial charge in [-0.2, -0.15) is 0 Å². The Kier molecular flexibility index (Phi) is 3.31. The van der Waals surface area contributed by atoms with Crippen molar-refractivity contribution in [2.24, 2.45) is 7.05 Å². The molecule has 1 atom stereocenters. The van der Waals surface area contributed by atoms with Crippen molar-refractivity contribution in [1.82, 2.24) is 4.57 Å². The predicted molar refractivity (Wildman–Crippen MR) is 76.9 cm³/mol. The fourth-order valence-electron chi connectivity index (χ4n) is 2.20. The van der Waals surface area contributed by atoms with Gasteiger partial charge in [0.25, 0.3) is 0 Å². The molecule has 0 fully saturated rings. The first-order valence-corrected chi connectivity index (χ1v) is 6.57. The normalized spacial score (nSPS) is 12.8. The van der Waals surface area contributed by atoms with E-state index in [0.29, 0.717) is 22.2 Å². The third-order valence-electron chi connectivity index (χ3n) is 3.39. The Morgan fingerprint density at radius 3 is 2.62 bits per heavy atom. The summed E-state index contributed by atoms with van der Waals surface area (Å²) in [4.78, 5) is 11.4. The monoisotopic (exact) mass is 307 g/mol. The lowest BCUT2D eigenvalue weighted by Gasteiger charge is -2.12. The molecule has 0 bridgehead atoms. The first kappa shape index (κ1) is 13.9. The highest BCUT2D eigenvalue weighted by atomic mass is 35.5. The third-order valence-corrected chi connectivity index (χ3v) is 3.68. The van der Waals surface area contributed by atoms with E-state index < -0.39 is 17.7 Å². The Morgan fingerprint density at radius 1 is 1.24 bits per heavy atom. The summed E-state index contributed by atoms with van der Waals surface area (Å²) in [5.41, 5.74) is 2.00. The van der Waals surface area contributed by atoms with Gasteiger partial charge in [-0.3, -0.25) is 4.57 Å². The first-order chi connectivity index (χ1) is 9.97. The van der Waals surface area contributed by atoms with Gasteiger partial charge in [0.05, 0.1) is 10.5 Å². The Balaban J connectivity index is 2.06. The fraction of sp³-hybridized carbons (Fsp3) is 0.133. The molecule has 108 valence electrons. The summed E-state index contributed by atoms with van der Waals surface area (Å²) in [6.45, 7) is 0. The van der Waals surface area contributed by atoms with E-state index in [0.717, 1.165) is 0 Å². The summed E-state index contributed by atoms with van der Waals surface area (Å²) in [5, 5.41) is 10.3. The summed E-state index contributed by atoms with van der Waals surface area (Å²) in [6, 6.07) is 8.97. The van der Waals surface area contributed by atoms with E-state index in [9.17, 15) is 14.3 Å². The number of hydrogen-bond acceptors (Lipinski definition) is 3. The molecule has 0 saturated heterocycles. The van der Waals surface area contributed by atoms with Crippen LogP contribution in [0, 0.1) is 5.82 Å². The van der Waals surface area contributed by atoms with Gasteiger partial charge in [-0.1, -0.05) is 23.7 Å². The quantitative estimate of drug-likeness (QED) is 0.792. The number of oxazole rings is 1. The molecule has 2 aromatic carbocycles. The number of aliphatic hydroxyl groups is 1. The Bertz CT molecular complexity index is 884. The van der Waals surface area contributed by atoms with E-state index in [-0.39, 0.29) is 5.02 Å². The summed E-state index contributed by atoms with van der Waals surface area (Å²) < 4.78 is 19.6. The lowest BCUT2D eigenvalue weighted by Crippen LogP contribution is -2.08. The number of nitrogens with zero attached hydrogens (tertiary/aromatic N) is 1. The number of aryl methyl sites for hydroxylation is 1. The fourth-order valence-corrected chi connectivity index (χ4v) is 2.38. The highest BCUT2D eigenvalue weighted by Crippen LogP contribution is 2.27. The molecule has 0 aliphatic heterocycles. The molecule has 0 saturated carbocycles. The molecule has 1 unspecified atom stereocenters. The van der Waals surface area contributed by atoms with Crippen LogP contribution in [0.25, 0.3) is 11.1 Å². The molecule has 0 aliphatic carbocycles. The maximum absolute atomic E-state index is 13.2. The SMILES string of the molecule is Cn1c(=O)oc2cc(C(O)c3ccc(F)c(Cl)c3)ccc21. The van der Waals surface area contributed by atoms with Gasteiger partial charge in [0.1, 0.15) is 11.9 Å². The highest BCUT2D eigenvalue weighted by molar-refractivity contribution is 6.30. The molecule has 0 amide bonds. The average molecular weight is 308 g/mol. The van der Waals surface area contributed by atoms with Crippen molar-refractivity contribution in [2.75, 3.05) is 0 Å². The number of rotatable bonds is 2. The van der Waals surface area contributed by atoms with Crippen molar-refractivity contribution < 1.29 is 13.9 Å². The molecule has 1 heterocycles. The minimum atomic E-state index is -0.988. The van der Waals surface area contributed by atoms with Gasteiger partial charge in [-0.05, 0) is 35.4 Å². The van der Waals surface area contributed by atoms with Crippen molar-refractivity contribution in [1.29, 1.82) is 0 Å². The largest absolute Gasteiger partial charge is 0.419 e. The van der Waals surface area contributed by atoms with Crippen LogP contribution in [0.2, 0.25) is 5.02 Å². The molecular weight excluding hydrogens is 297 g/mol. The van der Waals surface area contributed by atoms with E-state index in [1.54, 1.807) is 25.2 Å². The van der Waals surface area contributed by atoms with Crippen molar-refractivity contribution in [3.8, 4) is 0 Å². The van der Waals surface area contributed by atoms with Gasteiger partial charge in [0.15, 0.2) is 5.58 Å². The Labute approximate surface area is 124 Å².